The zero-order valence-corrected chi connectivity index (χ0v) is 7.43. The van der Waals surface area contributed by atoms with Gasteiger partial charge in [0.15, 0.2) is 0 Å². The van der Waals surface area contributed by atoms with E-state index in [0.29, 0.717) is 16.6 Å². The van der Waals surface area contributed by atoms with E-state index in [0.717, 1.165) is 4.70 Å². The topological polar surface area (TPSA) is 70.0 Å². The van der Waals surface area contributed by atoms with Crippen molar-refractivity contribution in [1.82, 2.24) is 0 Å². The molecular weight excluding hydrogens is 184 g/mol. The Labute approximate surface area is 78.6 Å². The third kappa shape index (κ3) is 1.10. The maximum atomic E-state index is 9.40. The molecule has 13 heavy (non-hydrogen) atoms. The summed E-state index contributed by atoms with van der Waals surface area (Å²) in [6, 6.07) is 5.24. The summed E-state index contributed by atoms with van der Waals surface area (Å²) in [7, 11) is 0. The van der Waals surface area contributed by atoms with Crippen LogP contribution in [0.5, 0.6) is 5.75 Å². The number of thiophene rings is 1. The number of aromatic hydroxyl groups is 1. The number of fused-ring (bicyclic) bond motifs is 1. The Morgan fingerprint density at radius 1 is 1.46 bits per heavy atom. The number of benzene rings is 1. The molecule has 0 saturated carbocycles. The van der Waals surface area contributed by atoms with Gasteiger partial charge in [-0.25, -0.2) is 0 Å². The maximum Gasteiger partial charge on any atom is 0.134 e. The molecule has 3 nitrogen and oxygen atoms in total. The lowest BCUT2D eigenvalue weighted by atomic mass is 10.1. The summed E-state index contributed by atoms with van der Waals surface area (Å²) in [6.45, 7) is 0. The van der Waals surface area contributed by atoms with Gasteiger partial charge in [-0.15, -0.1) is 11.3 Å². The summed E-state index contributed by atoms with van der Waals surface area (Å²) in [5.74, 6) is 0.184. The number of anilines is 1. The second-order valence-electron chi connectivity index (χ2n) is 2.67. The Morgan fingerprint density at radius 3 is 2.92 bits per heavy atom. The van der Waals surface area contributed by atoms with E-state index in [2.05, 4.69) is 0 Å². The van der Waals surface area contributed by atoms with Crippen molar-refractivity contribution in [2.24, 2.45) is 0 Å². The Hall–Kier alpha value is -1.73. The molecule has 0 fully saturated rings. The Morgan fingerprint density at radius 2 is 2.23 bits per heavy atom. The fourth-order valence-corrected chi connectivity index (χ4v) is 2.06. The molecule has 64 valence electrons. The highest BCUT2D eigenvalue weighted by atomic mass is 32.1. The molecule has 0 aliphatic carbocycles. The third-order valence-corrected chi connectivity index (χ3v) is 2.84. The Bertz CT molecular complexity index is 510. The van der Waals surface area contributed by atoms with Gasteiger partial charge in [0.2, 0.25) is 0 Å². The largest absolute Gasteiger partial charge is 0.506 e. The first kappa shape index (κ1) is 7.90. The van der Waals surface area contributed by atoms with E-state index < -0.39 is 0 Å². The van der Waals surface area contributed by atoms with Crippen LogP contribution in [0.15, 0.2) is 17.5 Å². The molecule has 0 radical (unpaired) electrons. The fraction of sp³-hybridized carbons (Fsp3) is 0. The normalized spacial score (nSPS) is 10.1. The van der Waals surface area contributed by atoms with Crippen LogP contribution in [0.3, 0.4) is 0 Å². The third-order valence-electron chi connectivity index (χ3n) is 1.81. The first-order valence-electron chi connectivity index (χ1n) is 3.62. The van der Waals surface area contributed by atoms with E-state index in [9.17, 15) is 5.11 Å². The molecule has 4 heteroatoms. The smallest absolute Gasteiger partial charge is 0.134 e. The molecule has 3 N–H and O–H groups in total. The van der Waals surface area contributed by atoms with Gasteiger partial charge in [0.25, 0.3) is 0 Å². The van der Waals surface area contributed by atoms with Crippen LogP contribution in [0.2, 0.25) is 0 Å². The molecule has 0 aliphatic rings. The molecule has 1 aromatic heterocycles. The lowest BCUT2D eigenvalue weighted by molar-refractivity contribution is 0.483. The zero-order valence-electron chi connectivity index (χ0n) is 6.61. The van der Waals surface area contributed by atoms with E-state index in [-0.39, 0.29) is 5.75 Å². The molecule has 0 amide bonds. The van der Waals surface area contributed by atoms with Gasteiger partial charge in [0, 0.05) is 10.8 Å². The predicted octanol–water partition coefficient (Wildman–Crippen LogP) is 2.06. The van der Waals surface area contributed by atoms with Crippen molar-refractivity contribution in [3.8, 4) is 11.8 Å². The van der Waals surface area contributed by atoms with Gasteiger partial charge < -0.3 is 10.8 Å². The van der Waals surface area contributed by atoms with Gasteiger partial charge in [-0.2, -0.15) is 5.26 Å². The van der Waals surface area contributed by atoms with Crippen molar-refractivity contribution in [3.63, 3.8) is 0 Å². The van der Waals surface area contributed by atoms with Crippen LogP contribution in [-0.2, 0) is 0 Å². The van der Waals surface area contributed by atoms with Crippen LogP contribution in [0.1, 0.15) is 5.56 Å². The highest BCUT2D eigenvalue weighted by Crippen LogP contribution is 2.35. The second kappa shape index (κ2) is 2.64. The van der Waals surface area contributed by atoms with E-state index in [1.807, 2.05) is 6.07 Å². The molecule has 1 heterocycles. The summed E-state index contributed by atoms with van der Waals surface area (Å²) in [5, 5.41) is 20.3. The SMILES string of the molecule is N#Cc1cc(N)c2scc(O)c2c1. The zero-order chi connectivity index (χ0) is 9.42. The molecule has 2 aromatic rings. The minimum atomic E-state index is 0.184. The number of nitrogen functional groups attached to an aromatic ring is 1. The summed E-state index contributed by atoms with van der Waals surface area (Å²) in [6.07, 6.45) is 0. The van der Waals surface area contributed by atoms with Crippen LogP contribution < -0.4 is 5.73 Å². The van der Waals surface area contributed by atoms with Gasteiger partial charge in [-0.1, -0.05) is 0 Å². The first-order chi connectivity index (χ1) is 6.22. The molecule has 0 atom stereocenters. The molecule has 0 spiro atoms. The highest BCUT2D eigenvalue weighted by molar-refractivity contribution is 7.18. The van der Waals surface area contributed by atoms with E-state index >= 15 is 0 Å². The van der Waals surface area contributed by atoms with Gasteiger partial charge >= 0.3 is 0 Å². The van der Waals surface area contributed by atoms with Gasteiger partial charge in [-0.05, 0) is 12.1 Å². The second-order valence-corrected chi connectivity index (χ2v) is 3.55. The van der Waals surface area contributed by atoms with Crippen molar-refractivity contribution in [1.29, 1.82) is 5.26 Å². The van der Waals surface area contributed by atoms with Crippen molar-refractivity contribution < 1.29 is 5.11 Å². The van der Waals surface area contributed by atoms with Crippen LogP contribution in [0.4, 0.5) is 5.69 Å². The van der Waals surface area contributed by atoms with Crippen molar-refractivity contribution in [3.05, 3.63) is 23.1 Å². The summed E-state index contributed by atoms with van der Waals surface area (Å²) in [5.41, 5.74) is 6.71. The van der Waals surface area contributed by atoms with Crippen molar-refractivity contribution in [2.75, 3.05) is 5.73 Å². The average molecular weight is 190 g/mol. The lowest BCUT2D eigenvalue weighted by Crippen LogP contribution is -1.85. The number of nitriles is 1. The van der Waals surface area contributed by atoms with Crippen LogP contribution in [0, 0.1) is 11.3 Å². The number of hydrogen-bond donors (Lipinski definition) is 2. The van der Waals surface area contributed by atoms with E-state index in [1.165, 1.54) is 11.3 Å². The minimum Gasteiger partial charge on any atom is -0.506 e. The van der Waals surface area contributed by atoms with Gasteiger partial charge in [0.1, 0.15) is 5.75 Å². The van der Waals surface area contributed by atoms with Crippen LogP contribution in [0.25, 0.3) is 10.1 Å². The highest BCUT2D eigenvalue weighted by Gasteiger charge is 2.06. The van der Waals surface area contributed by atoms with Gasteiger partial charge in [-0.3, -0.25) is 0 Å². The quantitative estimate of drug-likeness (QED) is 0.624. The standard InChI is InChI=1S/C9H6N2OS/c10-3-5-1-6-8(12)4-13-9(6)7(11)2-5/h1-2,4,12H,11H2. The molecular formula is C9H6N2OS. The monoisotopic (exact) mass is 190 g/mol. The van der Waals surface area contributed by atoms with Crippen LogP contribution in [-0.4, -0.2) is 5.11 Å². The summed E-state index contributed by atoms with van der Waals surface area (Å²) < 4.78 is 0.830. The fourth-order valence-electron chi connectivity index (χ4n) is 1.22. The van der Waals surface area contributed by atoms with E-state index in [1.54, 1.807) is 17.5 Å². The van der Waals surface area contributed by atoms with E-state index in [4.69, 9.17) is 11.0 Å². The van der Waals surface area contributed by atoms with Gasteiger partial charge in [0.05, 0.1) is 22.0 Å². The lowest BCUT2D eigenvalue weighted by Gasteiger charge is -1.96. The summed E-state index contributed by atoms with van der Waals surface area (Å²) in [4.78, 5) is 0. The number of nitrogens with two attached hydrogens (primary N) is 1. The van der Waals surface area contributed by atoms with Crippen LogP contribution >= 0.6 is 11.3 Å². The first-order valence-corrected chi connectivity index (χ1v) is 4.50. The number of hydrogen-bond acceptors (Lipinski definition) is 4. The van der Waals surface area contributed by atoms with Crippen molar-refractivity contribution >= 4 is 27.1 Å². The molecule has 1 aromatic carbocycles. The number of nitrogens with zero attached hydrogens (tertiary/aromatic N) is 1. The Kier molecular flexibility index (Phi) is 1.61. The molecule has 0 saturated heterocycles. The van der Waals surface area contributed by atoms with Crippen molar-refractivity contribution in [2.45, 2.75) is 0 Å². The maximum absolute atomic E-state index is 9.40. The number of rotatable bonds is 0. The molecule has 0 aliphatic heterocycles. The average Bonchev–Trinajstić information content (AvgIpc) is 2.48. The predicted molar refractivity (Wildman–Crippen MR) is 52.6 cm³/mol. The molecule has 0 bridgehead atoms. The minimum absolute atomic E-state index is 0.184. The molecule has 0 unspecified atom stereocenters. The Balaban J connectivity index is 2.90. The molecule has 2 rings (SSSR count). The summed E-state index contributed by atoms with van der Waals surface area (Å²) >= 11 is 1.38.